The van der Waals surface area contributed by atoms with E-state index in [0.29, 0.717) is 47.0 Å². The predicted molar refractivity (Wildman–Crippen MR) is 126 cm³/mol. The maximum atomic E-state index is 12.8. The highest BCUT2D eigenvalue weighted by Gasteiger charge is 2.33. The molecule has 0 saturated carbocycles. The Balaban J connectivity index is 2.81. The Hall–Kier alpha value is -3.14. The van der Waals surface area contributed by atoms with Gasteiger partial charge in [-0.25, -0.2) is 0 Å². The number of Topliss-reactive ketones (excluding diaryl/α,β-unsaturated/α-hetero) is 2. The van der Waals surface area contributed by atoms with Crippen LogP contribution in [-0.2, 0) is 5.41 Å². The minimum atomic E-state index is -0.619. The summed E-state index contributed by atoms with van der Waals surface area (Å²) in [6.45, 7) is 19.6. The normalized spacial score (nSPS) is 11.0. The number of para-hydroxylation sites is 2. The third-order valence-electron chi connectivity index (χ3n) is 5.22. The van der Waals surface area contributed by atoms with Gasteiger partial charge in [0, 0.05) is 16.5 Å². The second kappa shape index (κ2) is 9.78. The van der Waals surface area contributed by atoms with Gasteiger partial charge < -0.3 is 9.47 Å². The highest BCUT2D eigenvalue weighted by Crippen LogP contribution is 2.44. The third-order valence-corrected chi connectivity index (χ3v) is 5.22. The summed E-state index contributed by atoms with van der Waals surface area (Å²) >= 11 is 0. The van der Waals surface area contributed by atoms with Crippen LogP contribution in [0.5, 0.6) is 11.5 Å². The fraction of sp³-hybridized carbons (Fsp3) is 0.333. The van der Waals surface area contributed by atoms with Gasteiger partial charge in [0.2, 0.25) is 0 Å². The van der Waals surface area contributed by atoms with Gasteiger partial charge in [-0.3, -0.25) is 9.59 Å². The van der Waals surface area contributed by atoms with Gasteiger partial charge in [0.15, 0.2) is 11.6 Å². The molecule has 0 heterocycles. The summed E-state index contributed by atoms with van der Waals surface area (Å²) in [6, 6.07) is 11.1. The standard InChI is InChI=1S/C27H32O4/c1-9-30-25-19(23(28)17(3)4)13-11-15-21(25)27(7,8)22-16-12-14-20(24(29)18(5)6)26(22)31-10-2/h11-16H,3,5,9-10H2,1-2,4,6-8H3. The molecule has 0 aliphatic heterocycles. The van der Waals surface area contributed by atoms with Gasteiger partial charge >= 0.3 is 0 Å². The average Bonchev–Trinajstić information content (AvgIpc) is 2.73. The average molecular weight is 421 g/mol. The molecule has 0 aliphatic carbocycles. The molecule has 4 nitrogen and oxygen atoms in total. The Morgan fingerprint density at radius 2 is 1.13 bits per heavy atom. The monoisotopic (exact) mass is 420 g/mol. The Kier molecular flexibility index (Phi) is 7.61. The van der Waals surface area contributed by atoms with Crippen molar-refractivity contribution in [3.63, 3.8) is 0 Å². The molecule has 0 spiro atoms. The van der Waals surface area contributed by atoms with Crippen LogP contribution < -0.4 is 9.47 Å². The SMILES string of the molecule is C=C(C)C(=O)c1cccc(C(C)(C)c2cccc(C(=O)C(=C)C)c2OCC)c1OCC. The van der Waals surface area contributed by atoms with Crippen molar-refractivity contribution in [2.24, 2.45) is 0 Å². The number of benzene rings is 2. The summed E-state index contributed by atoms with van der Waals surface area (Å²) in [7, 11) is 0. The molecule has 0 bridgehead atoms. The first-order chi connectivity index (χ1) is 14.6. The first-order valence-electron chi connectivity index (χ1n) is 10.5. The number of rotatable bonds is 10. The van der Waals surface area contributed by atoms with Gasteiger partial charge in [-0.1, -0.05) is 51.3 Å². The lowest BCUT2D eigenvalue weighted by atomic mass is 9.75. The van der Waals surface area contributed by atoms with E-state index in [9.17, 15) is 9.59 Å². The minimum Gasteiger partial charge on any atom is -0.493 e. The van der Waals surface area contributed by atoms with Crippen molar-refractivity contribution in [2.75, 3.05) is 13.2 Å². The quantitative estimate of drug-likeness (QED) is 0.333. The second-order valence-corrected chi connectivity index (χ2v) is 8.07. The molecule has 0 radical (unpaired) electrons. The van der Waals surface area contributed by atoms with Gasteiger partial charge in [-0.15, -0.1) is 0 Å². The van der Waals surface area contributed by atoms with E-state index < -0.39 is 5.41 Å². The topological polar surface area (TPSA) is 52.6 Å². The predicted octanol–water partition coefficient (Wildman–Crippen LogP) is 6.33. The maximum Gasteiger partial charge on any atom is 0.191 e. The Bertz CT molecular complexity index is 946. The molecule has 31 heavy (non-hydrogen) atoms. The van der Waals surface area contributed by atoms with Crippen LogP contribution in [0.25, 0.3) is 0 Å². The Morgan fingerprint density at radius 3 is 1.42 bits per heavy atom. The molecule has 0 amide bonds. The zero-order chi connectivity index (χ0) is 23.3. The third kappa shape index (κ3) is 4.79. The Labute approximate surface area is 185 Å². The first-order valence-corrected chi connectivity index (χ1v) is 10.5. The van der Waals surface area contributed by atoms with Gasteiger partial charge in [0.25, 0.3) is 0 Å². The van der Waals surface area contributed by atoms with Crippen LogP contribution in [0.3, 0.4) is 0 Å². The fourth-order valence-electron chi connectivity index (χ4n) is 3.62. The van der Waals surface area contributed by atoms with Gasteiger partial charge in [-0.2, -0.15) is 0 Å². The van der Waals surface area contributed by atoms with E-state index in [2.05, 4.69) is 13.2 Å². The van der Waals surface area contributed by atoms with Crippen molar-refractivity contribution in [3.8, 4) is 11.5 Å². The molecule has 0 atom stereocenters. The summed E-state index contributed by atoms with van der Waals surface area (Å²) in [5.41, 5.74) is 2.90. The lowest BCUT2D eigenvalue weighted by Gasteiger charge is -2.31. The summed E-state index contributed by atoms with van der Waals surface area (Å²) in [6.07, 6.45) is 0. The molecule has 0 aliphatic rings. The van der Waals surface area contributed by atoms with E-state index >= 15 is 0 Å². The van der Waals surface area contributed by atoms with E-state index in [1.165, 1.54) is 0 Å². The second-order valence-electron chi connectivity index (χ2n) is 8.07. The molecule has 2 aromatic carbocycles. The zero-order valence-electron chi connectivity index (χ0n) is 19.4. The summed E-state index contributed by atoms with van der Waals surface area (Å²) in [5.74, 6) is 0.749. The lowest BCUT2D eigenvalue weighted by Crippen LogP contribution is -2.24. The molecule has 0 fully saturated rings. The van der Waals surface area contributed by atoms with Crippen molar-refractivity contribution in [1.29, 1.82) is 0 Å². The van der Waals surface area contributed by atoms with Crippen molar-refractivity contribution in [3.05, 3.63) is 83.0 Å². The number of hydrogen-bond donors (Lipinski definition) is 0. The van der Waals surface area contributed by atoms with Crippen LogP contribution in [-0.4, -0.2) is 24.8 Å². The number of allylic oxidation sites excluding steroid dienone is 2. The highest BCUT2D eigenvalue weighted by molar-refractivity contribution is 6.10. The van der Waals surface area contributed by atoms with E-state index in [1.54, 1.807) is 26.0 Å². The van der Waals surface area contributed by atoms with Gasteiger partial charge in [-0.05, 0) is 51.0 Å². The number of carbonyl (C=O) groups excluding carboxylic acids is 2. The summed E-state index contributed by atoms with van der Waals surface area (Å²) in [4.78, 5) is 25.6. The molecule has 0 N–H and O–H groups in total. The maximum absolute atomic E-state index is 12.8. The first kappa shape index (κ1) is 24.1. The van der Waals surface area contributed by atoms with E-state index in [1.807, 2.05) is 52.0 Å². The zero-order valence-corrected chi connectivity index (χ0v) is 19.4. The molecule has 2 rings (SSSR count). The molecular weight excluding hydrogens is 388 g/mol. The molecule has 0 aromatic heterocycles. The van der Waals surface area contributed by atoms with E-state index in [0.717, 1.165) is 11.1 Å². The lowest BCUT2D eigenvalue weighted by molar-refractivity contribution is 0.102. The van der Waals surface area contributed by atoms with Crippen molar-refractivity contribution in [1.82, 2.24) is 0 Å². The molecule has 4 heteroatoms. The largest absolute Gasteiger partial charge is 0.493 e. The minimum absolute atomic E-state index is 0.155. The molecular formula is C27H32O4. The van der Waals surface area contributed by atoms with Crippen molar-refractivity contribution < 1.29 is 19.1 Å². The van der Waals surface area contributed by atoms with Crippen LogP contribution in [0.15, 0.2) is 60.7 Å². The van der Waals surface area contributed by atoms with Crippen LogP contribution in [0.1, 0.15) is 73.4 Å². The van der Waals surface area contributed by atoms with Crippen molar-refractivity contribution >= 4 is 11.6 Å². The Morgan fingerprint density at radius 1 is 0.774 bits per heavy atom. The number of ether oxygens (including phenoxy) is 2. The molecule has 0 unspecified atom stereocenters. The van der Waals surface area contributed by atoms with Crippen molar-refractivity contribution in [2.45, 2.75) is 47.0 Å². The fourth-order valence-corrected chi connectivity index (χ4v) is 3.62. The number of ketones is 2. The molecule has 164 valence electrons. The van der Waals surface area contributed by atoms with Gasteiger partial charge in [0.1, 0.15) is 11.5 Å². The van der Waals surface area contributed by atoms with Crippen LogP contribution >= 0.6 is 0 Å². The van der Waals surface area contributed by atoms with Crippen LogP contribution in [0, 0.1) is 0 Å². The van der Waals surface area contributed by atoms with E-state index in [4.69, 9.17) is 9.47 Å². The van der Waals surface area contributed by atoms with E-state index in [-0.39, 0.29) is 11.6 Å². The smallest absolute Gasteiger partial charge is 0.191 e. The van der Waals surface area contributed by atoms with Gasteiger partial charge in [0.05, 0.1) is 24.3 Å². The van der Waals surface area contributed by atoms with Crippen LogP contribution in [0.2, 0.25) is 0 Å². The summed E-state index contributed by atoms with van der Waals surface area (Å²) in [5, 5.41) is 0. The number of hydrogen-bond acceptors (Lipinski definition) is 4. The molecule has 0 saturated heterocycles. The molecule has 2 aromatic rings. The number of carbonyl (C=O) groups is 2. The van der Waals surface area contributed by atoms with Crippen LogP contribution in [0.4, 0.5) is 0 Å². The highest BCUT2D eigenvalue weighted by atomic mass is 16.5. The summed E-state index contributed by atoms with van der Waals surface area (Å²) < 4.78 is 12.0.